The van der Waals surface area contributed by atoms with Gasteiger partial charge in [0.05, 0.1) is 23.7 Å². The number of terminal acetylenes is 1. The van der Waals surface area contributed by atoms with Gasteiger partial charge in [-0.05, 0) is 29.8 Å². The van der Waals surface area contributed by atoms with E-state index in [0.717, 1.165) is 5.56 Å². The van der Waals surface area contributed by atoms with E-state index in [4.69, 9.17) is 11.7 Å². The number of nitriles is 1. The smallest absolute Gasteiger partial charge is 0.253 e. The van der Waals surface area contributed by atoms with Crippen molar-refractivity contribution < 1.29 is 4.79 Å². The van der Waals surface area contributed by atoms with Gasteiger partial charge in [-0.2, -0.15) is 5.26 Å². The standard InChI is InChI=1S/C17H14N4O/c1-2-9-19-17(22)15-7-8-16(21-12-15)20-11-14-5-3-13(10-18)4-6-14/h1,3-8,12H,9,11H2,(H,19,22)(H,20,21). The maximum absolute atomic E-state index is 11.7. The van der Waals surface area contributed by atoms with Crippen LogP contribution in [0, 0.1) is 23.7 Å². The van der Waals surface area contributed by atoms with Crippen LogP contribution in [-0.4, -0.2) is 17.4 Å². The number of nitrogens with one attached hydrogen (secondary N) is 2. The van der Waals surface area contributed by atoms with Crippen LogP contribution in [0.3, 0.4) is 0 Å². The third kappa shape index (κ3) is 4.09. The quantitative estimate of drug-likeness (QED) is 0.825. The second-order valence-corrected chi connectivity index (χ2v) is 4.48. The minimum absolute atomic E-state index is 0.192. The molecular formula is C17H14N4O. The van der Waals surface area contributed by atoms with E-state index in [1.165, 1.54) is 6.20 Å². The zero-order chi connectivity index (χ0) is 15.8. The maximum atomic E-state index is 11.7. The van der Waals surface area contributed by atoms with Gasteiger partial charge in [0.15, 0.2) is 0 Å². The fraction of sp³-hybridized carbons (Fsp3) is 0.118. The molecule has 1 aromatic heterocycles. The lowest BCUT2D eigenvalue weighted by atomic mass is 10.1. The van der Waals surface area contributed by atoms with Crippen LogP contribution < -0.4 is 10.6 Å². The van der Waals surface area contributed by atoms with Gasteiger partial charge in [0.2, 0.25) is 0 Å². The molecule has 5 heteroatoms. The first-order chi connectivity index (χ1) is 10.7. The molecule has 0 aliphatic rings. The molecule has 2 aromatic rings. The number of anilines is 1. The molecular weight excluding hydrogens is 276 g/mol. The second kappa shape index (κ2) is 7.47. The fourth-order valence-corrected chi connectivity index (χ4v) is 1.76. The first kappa shape index (κ1) is 15.1. The first-order valence-electron chi connectivity index (χ1n) is 6.63. The Kier molecular flexibility index (Phi) is 5.12. The van der Waals surface area contributed by atoms with E-state index in [1.54, 1.807) is 24.3 Å². The summed E-state index contributed by atoms with van der Waals surface area (Å²) < 4.78 is 0. The minimum atomic E-state index is -0.246. The van der Waals surface area contributed by atoms with Gasteiger partial charge in [-0.3, -0.25) is 4.79 Å². The third-order valence-electron chi connectivity index (χ3n) is 2.93. The van der Waals surface area contributed by atoms with E-state index in [0.29, 0.717) is 23.5 Å². The number of carbonyl (C=O) groups excluding carboxylic acids is 1. The topological polar surface area (TPSA) is 77.8 Å². The van der Waals surface area contributed by atoms with E-state index in [9.17, 15) is 4.79 Å². The summed E-state index contributed by atoms with van der Waals surface area (Å²) >= 11 is 0. The van der Waals surface area contributed by atoms with Crippen molar-refractivity contribution in [1.82, 2.24) is 10.3 Å². The summed E-state index contributed by atoms with van der Waals surface area (Å²) in [5.74, 6) is 2.76. The molecule has 0 radical (unpaired) electrons. The number of benzene rings is 1. The van der Waals surface area contributed by atoms with E-state index in [2.05, 4.69) is 27.6 Å². The summed E-state index contributed by atoms with van der Waals surface area (Å²) in [4.78, 5) is 15.8. The Bertz CT molecular complexity index is 721. The van der Waals surface area contributed by atoms with Gasteiger partial charge in [0.1, 0.15) is 5.82 Å². The van der Waals surface area contributed by atoms with Crippen LogP contribution in [0.1, 0.15) is 21.5 Å². The van der Waals surface area contributed by atoms with Crippen LogP contribution in [0.25, 0.3) is 0 Å². The lowest BCUT2D eigenvalue weighted by molar-refractivity contribution is 0.0958. The Hall–Kier alpha value is -3.31. The molecule has 0 bridgehead atoms. The highest BCUT2D eigenvalue weighted by Crippen LogP contribution is 2.09. The van der Waals surface area contributed by atoms with Crippen molar-refractivity contribution in [2.45, 2.75) is 6.54 Å². The minimum Gasteiger partial charge on any atom is -0.366 e. The number of rotatable bonds is 5. The number of hydrogen-bond donors (Lipinski definition) is 2. The highest BCUT2D eigenvalue weighted by atomic mass is 16.1. The molecule has 0 atom stereocenters. The van der Waals surface area contributed by atoms with Gasteiger partial charge in [-0.15, -0.1) is 6.42 Å². The molecule has 1 aromatic carbocycles. The van der Waals surface area contributed by atoms with Crippen LogP contribution in [0.2, 0.25) is 0 Å². The number of pyridine rings is 1. The monoisotopic (exact) mass is 290 g/mol. The molecule has 5 nitrogen and oxygen atoms in total. The van der Waals surface area contributed by atoms with Crippen molar-refractivity contribution in [1.29, 1.82) is 5.26 Å². The number of hydrogen-bond acceptors (Lipinski definition) is 4. The lowest BCUT2D eigenvalue weighted by Gasteiger charge is -2.07. The fourth-order valence-electron chi connectivity index (χ4n) is 1.76. The molecule has 1 amide bonds. The van der Waals surface area contributed by atoms with Gasteiger partial charge in [0.25, 0.3) is 5.91 Å². The van der Waals surface area contributed by atoms with Crippen molar-refractivity contribution in [3.8, 4) is 18.4 Å². The highest BCUT2D eigenvalue weighted by molar-refractivity contribution is 5.94. The summed E-state index contributed by atoms with van der Waals surface area (Å²) in [6.07, 6.45) is 6.58. The number of amides is 1. The largest absolute Gasteiger partial charge is 0.366 e. The summed E-state index contributed by atoms with van der Waals surface area (Å²) in [7, 11) is 0. The van der Waals surface area contributed by atoms with E-state index >= 15 is 0 Å². The van der Waals surface area contributed by atoms with Crippen molar-refractivity contribution in [2.24, 2.45) is 0 Å². The third-order valence-corrected chi connectivity index (χ3v) is 2.93. The van der Waals surface area contributed by atoms with Crippen molar-refractivity contribution in [2.75, 3.05) is 11.9 Å². The average Bonchev–Trinajstić information content (AvgIpc) is 2.58. The van der Waals surface area contributed by atoms with Gasteiger partial charge in [-0.1, -0.05) is 18.1 Å². The van der Waals surface area contributed by atoms with Gasteiger partial charge in [0, 0.05) is 12.7 Å². The number of carbonyl (C=O) groups is 1. The summed E-state index contributed by atoms with van der Waals surface area (Å²) in [6.45, 7) is 0.777. The Morgan fingerprint density at radius 1 is 1.23 bits per heavy atom. The van der Waals surface area contributed by atoms with Gasteiger partial charge < -0.3 is 10.6 Å². The molecule has 0 saturated heterocycles. The summed E-state index contributed by atoms with van der Waals surface area (Å²) in [6, 6.07) is 12.8. The van der Waals surface area contributed by atoms with Crippen LogP contribution in [0.15, 0.2) is 42.6 Å². The zero-order valence-corrected chi connectivity index (χ0v) is 11.8. The number of aromatic nitrogens is 1. The van der Waals surface area contributed by atoms with Crippen molar-refractivity contribution in [3.05, 3.63) is 59.3 Å². The molecule has 0 aliphatic carbocycles. The van der Waals surface area contributed by atoms with Gasteiger partial charge >= 0.3 is 0 Å². The normalized spacial score (nSPS) is 9.36. The zero-order valence-electron chi connectivity index (χ0n) is 11.8. The Morgan fingerprint density at radius 2 is 2.00 bits per heavy atom. The molecule has 22 heavy (non-hydrogen) atoms. The second-order valence-electron chi connectivity index (χ2n) is 4.48. The van der Waals surface area contributed by atoms with Crippen molar-refractivity contribution in [3.63, 3.8) is 0 Å². The van der Waals surface area contributed by atoms with Crippen LogP contribution in [0.5, 0.6) is 0 Å². The van der Waals surface area contributed by atoms with Gasteiger partial charge in [-0.25, -0.2) is 4.98 Å². The molecule has 0 spiro atoms. The summed E-state index contributed by atoms with van der Waals surface area (Å²) in [5.41, 5.74) is 2.13. The molecule has 0 unspecified atom stereocenters. The highest BCUT2D eigenvalue weighted by Gasteiger charge is 2.04. The maximum Gasteiger partial charge on any atom is 0.253 e. The average molecular weight is 290 g/mol. The molecule has 2 N–H and O–H groups in total. The molecule has 2 rings (SSSR count). The SMILES string of the molecule is C#CCNC(=O)c1ccc(NCc2ccc(C#N)cc2)nc1. The molecule has 0 saturated carbocycles. The van der Waals surface area contributed by atoms with Crippen molar-refractivity contribution >= 4 is 11.7 Å². The Labute approximate surface area is 129 Å². The predicted octanol–water partition coefficient (Wildman–Crippen LogP) is 1.93. The van der Waals surface area contributed by atoms with E-state index in [-0.39, 0.29) is 12.5 Å². The molecule has 108 valence electrons. The lowest BCUT2D eigenvalue weighted by Crippen LogP contribution is -2.23. The Balaban J connectivity index is 1.92. The van der Waals surface area contributed by atoms with Crippen LogP contribution in [0.4, 0.5) is 5.82 Å². The van der Waals surface area contributed by atoms with E-state index < -0.39 is 0 Å². The predicted molar refractivity (Wildman–Crippen MR) is 83.9 cm³/mol. The Morgan fingerprint density at radius 3 is 2.59 bits per heavy atom. The molecule has 0 aliphatic heterocycles. The van der Waals surface area contributed by atoms with E-state index in [1.807, 2.05) is 12.1 Å². The number of nitrogens with zero attached hydrogens (tertiary/aromatic N) is 2. The summed E-state index contributed by atoms with van der Waals surface area (Å²) in [5, 5.41) is 14.5. The molecule has 0 fully saturated rings. The first-order valence-corrected chi connectivity index (χ1v) is 6.63. The van der Waals surface area contributed by atoms with Crippen LogP contribution in [-0.2, 0) is 6.54 Å². The molecule has 1 heterocycles. The van der Waals surface area contributed by atoms with Crippen LogP contribution >= 0.6 is 0 Å².